The molecule has 0 amide bonds. The summed E-state index contributed by atoms with van der Waals surface area (Å²) < 4.78 is 0. The Hall–Kier alpha value is -2.14. The summed E-state index contributed by atoms with van der Waals surface area (Å²) in [7, 11) is 6.20. The Kier molecular flexibility index (Phi) is 6.89. The molecular formula is C22H24Cl2N4. The van der Waals surface area contributed by atoms with Crippen LogP contribution in [0, 0.1) is 0 Å². The van der Waals surface area contributed by atoms with Crippen LogP contribution in [0.3, 0.4) is 0 Å². The van der Waals surface area contributed by atoms with E-state index in [1.165, 1.54) is 0 Å². The number of anilines is 1. The molecule has 0 radical (unpaired) electrons. The summed E-state index contributed by atoms with van der Waals surface area (Å²) in [6.45, 7) is 1.90. The van der Waals surface area contributed by atoms with E-state index in [9.17, 15) is 0 Å². The maximum atomic E-state index is 6.19. The fourth-order valence-electron chi connectivity index (χ4n) is 2.92. The van der Waals surface area contributed by atoms with Crippen molar-refractivity contribution in [1.29, 1.82) is 0 Å². The van der Waals surface area contributed by atoms with Crippen LogP contribution in [0.4, 0.5) is 5.82 Å². The van der Waals surface area contributed by atoms with Gasteiger partial charge in [0.25, 0.3) is 0 Å². The van der Waals surface area contributed by atoms with Gasteiger partial charge in [0, 0.05) is 13.6 Å². The highest BCUT2D eigenvalue weighted by Crippen LogP contribution is 2.29. The Labute approximate surface area is 176 Å². The molecule has 3 rings (SSSR count). The molecule has 0 bridgehead atoms. The van der Waals surface area contributed by atoms with E-state index in [0.717, 1.165) is 47.6 Å². The van der Waals surface area contributed by atoms with Crippen molar-refractivity contribution in [3.8, 4) is 0 Å². The number of aromatic nitrogens is 2. The van der Waals surface area contributed by atoms with E-state index in [4.69, 9.17) is 33.2 Å². The molecule has 0 unspecified atom stereocenters. The van der Waals surface area contributed by atoms with Gasteiger partial charge in [-0.25, -0.2) is 9.97 Å². The number of hydrogen-bond acceptors (Lipinski definition) is 4. The summed E-state index contributed by atoms with van der Waals surface area (Å²) in [4.78, 5) is 14.0. The van der Waals surface area contributed by atoms with Crippen molar-refractivity contribution < 1.29 is 0 Å². The second-order valence-corrected chi connectivity index (χ2v) is 7.82. The number of rotatable bonds is 7. The summed E-state index contributed by atoms with van der Waals surface area (Å²) in [6.07, 6.45) is 5.08. The van der Waals surface area contributed by atoms with E-state index in [2.05, 4.69) is 36.0 Å². The molecule has 0 aliphatic rings. The molecule has 3 aromatic rings. The van der Waals surface area contributed by atoms with Crippen LogP contribution in [0.2, 0.25) is 10.0 Å². The molecule has 0 spiro atoms. The lowest BCUT2D eigenvalue weighted by atomic mass is 10.2. The van der Waals surface area contributed by atoms with Gasteiger partial charge in [-0.1, -0.05) is 59.6 Å². The Morgan fingerprint density at radius 3 is 2.14 bits per heavy atom. The van der Waals surface area contributed by atoms with Crippen LogP contribution < -0.4 is 4.90 Å². The van der Waals surface area contributed by atoms with Crippen molar-refractivity contribution in [1.82, 2.24) is 14.9 Å². The second-order valence-electron chi connectivity index (χ2n) is 7.01. The predicted molar refractivity (Wildman–Crippen MR) is 121 cm³/mol. The van der Waals surface area contributed by atoms with Crippen LogP contribution in [0.5, 0.6) is 0 Å². The summed E-state index contributed by atoms with van der Waals surface area (Å²) in [5.74, 6) is 0.830. The molecule has 6 heteroatoms. The Bertz CT molecular complexity index is 971. The molecule has 0 fully saturated rings. The largest absolute Gasteiger partial charge is 0.358 e. The summed E-state index contributed by atoms with van der Waals surface area (Å²) in [5, 5.41) is 0.964. The van der Waals surface area contributed by atoms with Gasteiger partial charge < -0.3 is 9.80 Å². The quantitative estimate of drug-likeness (QED) is 0.511. The van der Waals surface area contributed by atoms with Crippen LogP contribution in [0.25, 0.3) is 23.2 Å². The number of benzene rings is 2. The van der Waals surface area contributed by atoms with Crippen LogP contribution in [0.15, 0.2) is 42.5 Å². The molecule has 0 aliphatic heterocycles. The molecule has 0 saturated carbocycles. The van der Waals surface area contributed by atoms with Crippen LogP contribution >= 0.6 is 23.2 Å². The lowest BCUT2D eigenvalue weighted by molar-refractivity contribution is 0.401. The van der Waals surface area contributed by atoms with E-state index < -0.39 is 0 Å². The molecule has 1 heterocycles. The standard InChI is InChI=1S/C22H24Cl2N4/c1-27(2)12-7-13-28(3)22-19(11-10-16-8-5-4-6-9-16)25-20-14-17(23)18(24)15-21(20)26-22/h4-6,8-11,14-15H,7,12-13H2,1-3H3. The Morgan fingerprint density at radius 2 is 1.50 bits per heavy atom. The molecule has 0 N–H and O–H groups in total. The molecule has 0 atom stereocenters. The molecule has 1 aromatic heterocycles. The first-order chi connectivity index (χ1) is 13.4. The summed E-state index contributed by atoms with van der Waals surface area (Å²) in [6, 6.07) is 13.7. The first-order valence-electron chi connectivity index (χ1n) is 9.20. The number of halogens is 2. The predicted octanol–water partition coefficient (Wildman–Crippen LogP) is 5.49. The van der Waals surface area contributed by atoms with Gasteiger partial charge in [-0.05, 0) is 50.8 Å². The first kappa shape index (κ1) is 20.6. The molecule has 4 nitrogen and oxygen atoms in total. The Balaban J connectivity index is 1.99. The highest BCUT2D eigenvalue weighted by Gasteiger charge is 2.13. The third-order valence-corrected chi connectivity index (χ3v) is 5.13. The van der Waals surface area contributed by atoms with E-state index in [1.54, 1.807) is 12.1 Å². The zero-order valence-electron chi connectivity index (χ0n) is 16.4. The van der Waals surface area contributed by atoms with E-state index in [-0.39, 0.29) is 0 Å². The molecule has 0 saturated heterocycles. The van der Waals surface area contributed by atoms with Crippen molar-refractivity contribution in [3.63, 3.8) is 0 Å². The van der Waals surface area contributed by atoms with Crippen LogP contribution in [-0.2, 0) is 0 Å². The van der Waals surface area contributed by atoms with E-state index in [1.807, 2.05) is 37.4 Å². The van der Waals surface area contributed by atoms with Gasteiger partial charge in [0.1, 0.15) is 5.69 Å². The monoisotopic (exact) mass is 414 g/mol. The molecule has 2 aromatic carbocycles. The van der Waals surface area contributed by atoms with Gasteiger partial charge in [-0.2, -0.15) is 0 Å². The third-order valence-electron chi connectivity index (χ3n) is 4.41. The van der Waals surface area contributed by atoms with Gasteiger partial charge in [0.15, 0.2) is 5.82 Å². The molecule has 28 heavy (non-hydrogen) atoms. The zero-order valence-corrected chi connectivity index (χ0v) is 17.9. The minimum atomic E-state index is 0.480. The van der Waals surface area contributed by atoms with Crippen molar-refractivity contribution in [2.24, 2.45) is 0 Å². The average Bonchev–Trinajstić information content (AvgIpc) is 2.67. The molecular weight excluding hydrogens is 391 g/mol. The number of fused-ring (bicyclic) bond motifs is 1. The normalized spacial score (nSPS) is 11.6. The smallest absolute Gasteiger partial charge is 0.155 e. The highest BCUT2D eigenvalue weighted by molar-refractivity contribution is 6.42. The maximum Gasteiger partial charge on any atom is 0.155 e. The summed E-state index contributed by atoms with van der Waals surface area (Å²) >= 11 is 12.4. The van der Waals surface area contributed by atoms with Crippen LogP contribution in [-0.4, -0.2) is 49.1 Å². The SMILES string of the molecule is CN(C)CCCN(C)c1nc2cc(Cl)c(Cl)cc2nc1C=Cc1ccccc1. The fourth-order valence-corrected chi connectivity index (χ4v) is 3.23. The topological polar surface area (TPSA) is 32.3 Å². The first-order valence-corrected chi connectivity index (χ1v) is 9.95. The molecule has 146 valence electrons. The highest BCUT2D eigenvalue weighted by atomic mass is 35.5. The van der Waals surface area contributed by atoms with Crippen molar-refractivity contribution >= 4 is 52.2 Å². The van der Waals surface area contributed by atoms with Crippen LogP contribution in [0.1, 0.15) is 17.7 Å². The molecule has 0 aliphatic carbocycles. The fraction of sp³-hybridized carbons (Fsp3) is 0.273. The van der Waals surface area contributed by atoms with Crippen molar-refractivity contribution in [3.05, 3.63) is 63.8 Å². The zero-order chi connectivity index (χ0) is 20.1. The van der Waals surface area contributed by atoms with Gasteiger partial charge >= 0.3 is 0 Å². The maximum absolute atomic E-state index is 6.19. The van der Waals surface area contributed by atoms with Gasteiger partial charge in [0.05, 0.1) is 21.1 Å². The summed E-state index contributed by atoms with van der Waals surface area (Å²) in [5.41, 5.74) is 3.38. The van der Waals surface area contributed by atoms with Crippen molar-refractivity contribution in [2.75, 3.05) is 39.1 Å². The van der Waals surface area contributed by atoms with E-state index >= 15 is 0 Å². The average molecular weight is 415 g/mol. The minimum Gasteiger partial charge on any atom is -0.358 e. The van der Waals surface area contributed by atoms with Crippen molar-refractivity contribution in [2.45, 2.75) is 6.42 Å². The lowest BCUT2D eigenvalue weighted by Crippen LogP contribution is -2.25. The Morgan fingerprint density at radius 1 is 0.857 bits per heavy atom. The lowest BCUT2D eigenvalue weighted by Gasteiger charge is -2.21. The van der Waals surface area contributed by atoms with Gasteiger partial charge in [-0.15, -0.1) is 0 Å². The minimum absolute atomic E-state index is 0.480. The van der Waals surface area contributed by atoms with E-state index in [0.29, 0.717) is 10.0 Å². The number of nitrogens with zero attached hydrogens (tertiary/aromatic N) is 4. The van der Waals surface area contributed by atoms with Gasteiger partial charge in [-0.3, -0.25) is 0 Å². The van der Waals surface area contributed by atoms with Gasteiger partial charge in [0.2, 0.25) is 0 Å². The second kappa shape index (κ2) is 9.37. The number of hydrogen-bond donors (Lipinski definition) is 0. The third kappa shape index (κ3) is 5.22.